The molecule has 2 N–H and O–H groups in total. The number of nitrogens with two attached hydrogens (primary N) is 1. The maximum Gasteiger partial charge on any atom is 0.124 e. The molecule has 0 unspecified atom stereocenters. The number of fused-ring (bicyclic) bond motifs is 3. The lowest BCUT2D eigenvalue weighted by Gasteiger charge is -1.92. The highest BCUT2D eigenvalue weighted by Crippen LogP contribution is 2.33. The summed E-state index contributed by atoms with van der Waals surface area (Å²) in [6.07, 6.45) is 1.82. The number of rotatable bonds is 0. The summed E-state index contributed by atoms with van der Waals surface area (Å²) in [6, 6.07) is 10.0. The number of pyridine rings is 1. The SMILES string of the molecule is Nc1ccc2sc3ncccc3c2c1. The summed E-state index contributed by atoms with van der Waals surface area (Å²) in [7, 11) is 0. The van der Waals surface area contributed by atoms with E-state index in [1.165, 1.54) is 15.5 Å². The van der Waals surface area contributed by atoms with E-state index >= 15 is 0 Å². The fraction of sp³-hybridized carbons (Fsp3) is 0. The Morgan fingerprint density at radius 1 is 1.14 bits per heavy atom. The minimum Gasteiger partial charge on any atom is -0.399 e. The summed E-state index contributed by atoms with van der Waals surface area (Å²) < 4.78 is 1.24. The van der Waals surface area contributed by atoms with Gasteiger partial charge in [-0.2, -0.15) is 0 Å². The van der Waals surface area contributed by atoms with E-state index in [0.29, 0.717) is 0 Å². The van der Waals surface area contributed by atoms with Crippen LogP contribution in [0.5, 0.6) is 0 Å². The van der Waals surface area contributed by atoms with Gasteiger partial charge in [0.05, 0.1) is 0 Å². The number of anilines is 1. The van der Waals surface area contributed by atoms with E-state index in [1.807, 2.05) is 24.4 Å². The van der Waals surface area contributed by atoms with Crippen LogP contribution in [0.25, 0.3) is 20.3 Å². The first kappa shape index (κ1) is 7.76. The molecule has 68 valence electrons. The van der Waals surface area contributed by atoms with Gasteiger partial charge < -0.3 is 5.73 Å². The third kappa shape index (κ3) is 0.992. The van der Waals surface area contributed by atoms with Crippen molar-refractivity contribution in [3.8, 4) is 0 Å². The van der Waals surface area contributed by atoms with Gasteiger partial charge >= 0.3 is 0 Å². The van der Waals surface area contributed by atoms with Crippen molar-refractivity contribution < 1.29 is 0 Å². The molecule has 0 saturated heterocycles. The van der Waals surface area contributed by atoms with E-state index in [-0.39, 0.29) is 0 Å². The first-order valence-corrected chi connectivity index (χ1v) is 5.19. The molecule has 0 aliphatic heterocycles. The second-order valence-corrected chi connectivity index (χ2v) is 4.24. The first-order chi connectivity index (χ1) is 6.84. The van der Waals surface area contributed by atoms with E-state index in [1.54, 1.807) is 11.3 Å². The van der Waals surface area contributed by atoms with Gasteiger partial charge in [0.25, 0.3) is 0 Å². The standard InChI is InChI=1S/C11H8N2S/c12-7-3-4-10-9(6-7)8-2-1-5-13-11(8)14-10/h1-6H,12H2. The third-order valence-electron chi connectivity index (χ3n) is 2.27. The summed E-state index contributed by atoms with van der Waals surface area (Å²) >= 11 is 1.70. The quantitative estimate of drug-likeness (QED) is 0.566. The summed E-state index contributed by atoms with van der Waals surface area (Å²) in [5.41, 5.74) is 6.56. The van der Waals surface area contributed by atoms with Gasteiger partial charge in [0, 0.05) is 27.4 Å². The number of hydrogen-bond acceptors (Lipinski definition) is 3. The zero-order valence-corrected chi connectivity index (χ0v) is 8.21. The molecule has 2 heterocycles. The zero-order valence-electron chi connectivity index (χ0n) is 7.40. The molecule has 14 heavy (non-hydrogen) atoms. The Hall–Kier alpha value is -1.61. The topological polar surface area (TPSA) is 38.9 Å². The van der Waals surface area contributed by atoms with E-state index in [2.05, 4.69) is 17.1 Å². The lowest BCUT2D eigenvalue weighted by atomic mass is 10.2. The Balaban J connectivity index is 2.58. The summed E-state index contributed by atoms with van der Waals surface area (Å²) in [5.74, 6) is 0. The molecular weight excluding hydrogens is 192 g/mol. The summed E-state index contributed by atoms with van der Waals surface area (Å²) in [6.45, 7) is 0. The Kier molecular flexibility index (Phi) is 1.49. The normalized spacial score (nSPS) is 11.1. The monoisotopic (exact) mass is 200 g/mol. The van der Waals surface area contributed by atoms with Crippen molar-refractivity contribution in [2.24, 2.45) is 0 Å². The Morgan fingerprint density at radius 3 is 3.00 bits per heavy atom. The molecule has 0 atom stereocenters. The number of nitrogens with zero attached hydrogens (tertiary/aromatic N) is 1. The highest BCUT2D eigenvalue weighted by atomic mass is 32.1. The molecule has 0 spiro atoms. The van der Waals surface area contributed by atoms with Gasteiger partial charge in [0.1, 0.15) is 4.83 Å². The minimum atomic E-state index is 0.807. The molecule has 0 aliphatic carbocycles. The fourth-order valence-electron chi connectivity index (χ4n) is 1.63. The highest BCUT2D eigenvalue weighted by Gasteiger charge is 2.04. The van der Waals surface area contributed by atoms with Crippen LogP contribution in [-0.4, -0.2) is 4.98 Å². The van der Waals surface area contributed by atoms with E-state index < -0.39 is 0 Å². The predicted octanol–water partition coefficient (Wildman–Crippen LogP) is 3.03. The molecule has 2 aromatic heterocycles. The van der Waals surface area contributed by atoms with E-state index in [9.17, 15) is 0 Å². The summed E-state index contributed by atoms with van der Waals surface area (Å²) in [4.78, 5) is 5.40. The molecule has 0 fully saturated rings. The van der Waals surface area contributed by atoms with Crippen LogP contribution in [0, 0.1) is 0 Å². The Morgan fingerprint density at radius 2 is 2.07 bits per heavy atom. The van der Waals surface area contributed by atoms with Gasteiger partial charge in [-0.05, 0) is 30.3 Å². The highest BCUT2D eigenvalue weighted by molar-refractivity contribution is 7.25. The van der Waals surface area contributed by atoms with Crippen LogP contribution in [0.4, 0.5) is 5.69 Å². The molecule has 0 saturated carbocycles. The number of thiophene rings is 1. The maximum absolute atomic E-state index is 5.76. The van der Waals surface area contributed by atoms with E-state index in [0.717, 1.165) is 10.5 Å². The molecule has 3 heteroatoms. The number of benzene rings is 1. The van der Waals surface area contributed by atoms with Crippen LogP contribution in [-0.2, 0) is 0 Å². The molecule has 1 aromatic carbocycles. The maximum atomic E-state index is 5.76. The molecule has 0 bridgehead atoms. The first-order valence-electron chi connectivity index (χ1n) is 4.37. The van der Waals surface area contributed by atoms with Crippen molar-refractivity contribution in [1.29, 1.82) is 0 Å². The smallest absolute Gasteiger partial charge is 0.124 e. The van der Waals surface area contributed by atoms with Crippen LogP contribution < -0.4 is 5.73 Å². The predicted molar refractivity (Wildman–Crippen MR) is 61.5 cm³/mol. The number of nitrogen functional groups attached to an aromatic ring is 1. The molecule has 0 radical (unpaired) electrons. The Labute approximate surface area is 85.0 Å². The van der Waals surface area contributed by atoms with Gasteiger partial charge in [0.15, 0.2) is 0 Å². The number of aromatic nitrogens is 1. The molecule has 2 nitrogen and oxygen atoms in total. The second-order valence-electron chi connectivity index (χ2n) is 3.21. The van der Waals surface area contributed by atoms with Gasteiger partial charge in [-0.15, -0.1) is 11.3 Å². The van der Waals surface area contributed by atoms with Crippen LogP contribution in [0.3, 0.4) is 0 Å². The minimum absolute atomic E-state index is 0.807. The fourth-order valence-corrected chi connectivity index (χ4v) is 2.65. The molecule has 0 amide bonds. The van der Waals surface area contributed by atoms with E-state index in [4.69, 9.17) is 5.73 Å². The molecule has 3 rings (SSSR count). The van der Waals surface area contributed by atoms with Crippen molar-refractivity contribution in [1.82, 2.24) is 4.98 Å². The van der Waals surface area contributed by atoms with Crippen molar-refractivity contribution in [2.75, 3.05) is 5.73 Å². The van der Waals surface area contributed by atoms with Crippen LogP contribution in [0.15, 0.2) is 36.5 Å². The average molecular weight is 200 g/mol. The Bertz CT molecular complexity index is 613. The van der Waals surface area contributed by atoms with Crippen LogP contribution >= 0.6 is 11.3 Å². The molecular formula is C11H8N2S. The van der Waals surface area contributed by atoms with Crippen LogP contribution in [0.2, 0.25) is 0 Å². The molecule has 3 aromatic rings. The second kappa shape index (κ2) is 2.69. The van der Waals surface area contributed by atoms with Crippen molar-refractivity contribution in [3.63, 3.8) is 0 Å². The zero-order chi connectivity index (χ0) is 9.54. The van der Waals surface area contributed by atoms with Gasteiger partial charge in [0.2, 0.25) is 0 Å². The lowest BCUT2D eigenvalue weighted by molar-refractivity contribution is 1.45. The largest absolute Gasteiger partial charge is 0.399 e. The lowest BCUT2D eigenvalue weighted by Crippen LogP contribution is -1.81. The van der Waals surface area contributed by atoms with Gasteiger partial charge in [-0.1, -0.05) is 0 Å². The van der Waals surface area contributed by atoms with Crippen LogP contribution in [0.1, 0.15) is 0 Å². The average Bonchev–Trinajstić information content (AvgIpc) is 2.56. The van der Waals surface area contributed by atoms with Crippen molar-refractivity contribution in [3.05, 3.63) is 36.5 Å². The van der Waals surface area contributed by atoms with Gasteiger partial charge in [-0.3, -0.25) is 0 Å². The summed E-state index contributed by atoms with van der Waals surface area (Å²) in [5, 5.41) is 2.40. The van der Waals surface area contributed by atoms with Crippen molar-refractivity contribution in [2.45, 2.75) is 0 Å². The molecule has 0 aliphatic rings. The number of hydrogen-bond donors (Lipinski definition) is 1. The van der Waals surface area contributed by atoms with Gasteiger partial charge in [-0.25, -0.2) is 4.98 Å². The van der Waals surface area contributed by atoms with Crippen molar-refractivity contribution >= 4 is 37.3 Å². The third-order valence-corrected chi connectivity index (χ3v) is 3.37.